The highest BCUT2D eigenvalue weighted by atomic mass is 16.3. The fraction of sp³-hybridized carbons (Fsp3) is 0.0667. The fourth-order valence-electron chi connectivity index (χ4n) is 6.33. The summed E-state index contributed by atoms with van der Waals surface area (Å²) in [6, 6.07) is 58.0. The Morgan fingerprint density at radius 3 is 1.19 bits per heavy atom. The first-order valence-electron chi connectivity index (χ1n) is 16.2. The van der Waals surface area contributed by atoms with E-state index in [1.54, 1.807) is 24.3 Å². The van der Waals surface area contributed by atoms with Gasteiger partial charge in [-0.05, 0) is 125 Å². The van der Waals surface area contributed by atoms with E-state index in [4.69, 9.17) is 0 Å². The van der Waals surface area contributed by atoms with Crippen molar-refractivity contribution in [3.8, 4) is 33.8 Å². The minimum Gasteiger partial charge on any atom is -0.508 e. The molecule has 0 aliphatic heterocycles. The molecule has 0 saturated heterocycles. The summed E-state index contributed by atoms with van der Waals surface area (Å²) >= 11 is 0. The third kappa shape index (κ3) is 6.44. The molecule has 0 radical (unpaired) electrons. The summed E-state index contributed by atoms with van der Waals surface area (Å²) < 4.78 is 0. The van der Waals surface area contributed by atoms with E-state index in [1.165, 1.54) is 22.3 Å². The number of nitrogens with zero attached hydrogens (tertiary/aromatic N) is 1. The lowest BCUT2D eigenvalue weighted by molar-refractivity contribution is 0.475. The molecule has 0 aliphatic carbocycles. The predicted molar refractivity (Wildman–Crippen MR) is 199 cm³/mol. The summed E-state index contributed by atoms with van der Waals surface area (Å²) in [5, 5.41) is 19.8. The monoisotopic (exact) mass is 623 g/mol. The molecule has 0 fully saturated rings. The van der Waals surface area contributed by atoms with Crippen LogP contribution in [-0.2, 0) is 0 Å². The molecule has 0 atom stereocenters. The Morgan fingerprint density at radius 2 is 0.750 bits per heavy atom. The predicted octanol–water partition coefficient (Wildman–Crippen LogP) is 11.7. The third-order valence-electron chi connectivity index (χ3n) is 9.14. The standard InChI is InChI=1S/C45H37NO2/c1-31-8-21-42(30-32(31)2)46(40-22-13-35(14-23-40)33-6-4-3-5-7-33)41-24-15-36(16-25-41)34-9-11-37(12-10-34)45(38-17-26-43(47)27-18-38)39-19-28-44(48)29-20-39/h3-30,45,47-48H,1-2H3. The van der Waals surface area contributed by atoms with Crippen LogP contribution in [0.4, 0.5) is 17.1 Å². The van der Waals surface area contributed by atoms with Crippen LogP contribution in [0.3, 0.4) is 0 Å². The SMILES string of the molecule is Cc1ccc(N(c2ccc(-c3ccccc3)cc2)c2ccc(-c3ccc(C(c4ccc(O)cc4)c4ccc(O)cc4)cc3)cc2)cc1C. The minimum absolute atomic E-state index is 0.0394. The molecular formula is C45H37NO2. The fourth-order valence-corrected chi connectivity index (χ4v) is 6.33. The van der Waals surface area contributed by atoms with Crippen molar-refractivity contribution in [1.29, 1.82) is 0 Å². The maximum Gasteiger partial charge on any atom is 0.115 e. The summed E-state index contributed by atoms with van der Waals surface area (Å²) in [5.41, 5.74) is 13.8. The van der Waals surface area contributed by atoms with Crippen LogP contribution in [0.5, 0.6) is 11.5 Å². The van der Waals surface area contributed by atoms with Crippen molar-refractivity contribution in [2.75, 3.05) is 4.90 Å². The number of phenols is 2. The van der Waals surface area contributed by atoms with E-state index in [-0.39, 0.29) is 17.4 Å². The van der Waals surface area contributed by atoms with Crippen LogP contribution >= 0.6 is 0 Å². The molecule has 0 amide bonds. The molecule has 7 aromatic carbocycles. The van der Waals surface area contributed by atoms with Gasteiger partial charge in [0.15, 0.2) is 0 Å². The number of hydrogen-bond donors (Lipinski definition) is 2. The van der Waals surface area contributed by atoms with Crippen molar-refractivity contribution in [3.63, 3.8) is 0 Å². The first-order valence-corrected chi connectivity index (χ1v) is 16.2. The average Bonchev–Trinajstić information content (AvgIpc) is 3.13. The zero-order valence-electron chi connectivity index (χ0n) is 27.1. The number of aromatic hydroxyl groups is 2. The van der Waals surface area contributed by atoms with E-state index in [1.807, 2.05) is 30.3 Å². The van der Waals surface area contributed by atoms with Crippen molar-refractivity contribution < 1.29 is 10.2 Å². The van der Waals surface area contributed by atoms with Crippen LogP contribution < -0.4 is 4.90 Å². The molecule has 2 N–H and O–H groups in total. The van der Waals surface area contributed by atoms with Gasteiger partial charge in [-0.15, -0.1) is 0 Å². The Morgan fingerprint density at radius 1 is 0.375 bits per heavy atom. The molecule has 0 unspecified atom stereocenters. The number of hydrogen-bond acceptors (Lipinski definition) is 3. The van der Waals surface area contributed by atoms with Crippen LogP contribution in [0.1, 0.15) is 33.7 Å². The second-order valence-electron chi connectivity index (χ2n) is 12.3. The maximum atomic E-state index is 9.90. The Balaban J connectivity index is 1.20. The first kappa shape index (κ1) is 30.6. The van der Waals surface area contributed by atoms with Crippen LogP contribution in [0.25, 0.3) is 22.3 Å². The molecule has 0 aromatic heterocycles. The zero-order chi connectivity index (χ0) is 33.0. The van der Waals surface area contributed by atoms with Crippen molar-refractivity contribution in [2.24, 2.45) is 0 Å². The molecule has 3 nitrogen and oxygen atoms in total. The first-order chi connectivity index (χ1) is 23.4. The van der Waals surface area contributed by atoms with E-state index in [2.05, 4.69) is 134 Å². The van der Waals surface area contributed by atoms with Gasteiger partial charge >= 0.3 is 0 Å². The summed E-state index contributed by atoms with van der Waals surface area (Å²) in [7, 11) is 0. The van der Waals surface area contributed by atoms with E-state index in [0.29, 0.717) is 0 Å². The summed E-state index contributed by atoms with van der Waals surface area (Å²) in [5.74, 6) is 0.437. The van der Waals surface area contributed by atoms with Gasteiger partial charge in [0.1, 0.15) is 11.5 Å². The highest BCUT2D eigenvalue weighted by molar-refractivity contribution is 5.80. The lowest BCUT2D eigenvalue weighted by atomic mass is 9.84. The van der Waals surface area contributed by atoms with Crippen molar-refractivity contribution in [2.45, 2.75) is 19.8 Å². The van der Waals surface area contributed by atoms with Gasteiger partial charge in [0.05, 0.1) is 0 Å². The quantitative estimate of drug-likeness (QED) is 0.166. The van der Waals surface area contributed by atoms with E-state index >= 15 is 0 Å². The molecule has 0 saturated carbocycles. The van der Waals surface area contributed by atoms with Gasteiger partial charge < -0.3 is 15.1 Å². The summed E-state index contributed by atoms with van der Waals surface area (Å²) in [4.78, 5) is 2.31. The lowest BCUT2D eigenvalue weighted by Crippen LogP contribution is -2.10. The molecule has 3 heteroatoms. The molecule has 0 heterocycles. The second-order valence-corrected chi connectivity index (χ2v) is 12.3. The highest BCUT2D eigenvalue weighted by Gasteiger charge is 2.18. The zero-order valence-corrected chi connectivity index (χ0v) is 27.1. The second kappa shape index (κ2) is 13.4. The Labute approximate surface area is 282 Å². The molecule has 0 spiro atoms. The molecule has 234 valence electrons. The smallest absolute Gasteiger partial charge is 0.115 e. The Bertz CT molecular complexity index is 2070. The molecule has 0 aliphatic rings. The number of phenolic OH excluding ortho intramolecular Hbond substituents is 2. The molecule has 7 rings (SSSR count). The third-order valence-corrected chi connectivity index (χ3v) is 9.14. The van der Waals surface area contributed by atoms with Crippen LogP contribution in [-0.4, -0.2) is 10.2 Å². The van der Waals surface area contributed by atoms with Crippen LogP contribution in [0.15, 0.2) is 170 Å². The van der Waals surface area contributed by atoms with Gasteiger partial charge in [-0.1, -0.05) is 109 Å². The van der Waals surface area contributed by atoms with E-state index < -0.39 is 0 Å². The largest absolute Gasteiger partial charge is 0.508 e. The number of rotatable bonds is 8. The van der Waals surface area contributed by atoms with Crippen molar-refractivity contribution in [1.82, 2.24) is 0 Å². The van der Waals surface area contributed by atoms with Gasteiger partial charge in [0.2, 0.25) is 0 Å². The van der Waals surface area contributed by atoms with Gasteiger partial charge in [-0.3, -0.25) is 0 Å². The van der Waals surface area contributed by atoms with Gasteiger partial charge in [-0.25, -0.2) is 0 Å². The number of benzene rings is 7. The van der Waals surface area contributed by atoms with Crippen LogP contribution in [0, 0.1) is 13.8 Å². The highest BCUT2D eigenvalue weighted by Crippen LogP contribution is 2.38. The van der Waals surface area contributed by atoms with E-state index in [0.717, 1.165) is 44.9 Å². The van der Waals surface area contributed by atoms with Crippen LogP contribution in [0.2, 0.25) is 0 Å². The molecule has 0 bridgehead atoms. The molecule has 48 heavy (non-hydrogen) atoms. The topological polar surface area (TPSA) is 43.7 Å². The normalized spacial score (nSPS) is 11.1. The Hall–Kier alpha value is -6.06. The van der Waals surface area contributed by atoms with E-state index in [9.17, 15) is 10.2 Å². The minimum atomic E-state index is -0.0394. The summed E-state index contributed by atoms with van der Waals surface area (Å²) in [6.07, 6.45) is 0. The van der Waals surface area contributed by atoms with Crippen molar-refractivity contribution in [3.05, 3.63) is 198 Å². The number of aryl methyl sites for hydroxylation is 2. The maximum absolute atomic E-state index is 9.90. The Kier molecular flexibility index (Phi) is 8.51. The number of anilines is 3. The van der Waals surface area contributed by atoms with Gasteiger partial charge in [-0.2, -0.15) is 0 Å². The average molecular weight is 624 g/mol. The van der Waals surface area contributed by atoms with Gasteiger partial charge in [0, 0.05) is 23.0 Å². The molecular weight excluding hydrogens is 587 g/mol. The van der Waals surface area contributed by atoms with Gasteiger partial charge in [0.25, 0.3) is 0 Å². The molecule has 7 aromatic rings. The lowest BCUT2D eigenvalue weighted by Gasteiger charge is -2.26. The summed E-state index contributed by atoms with van der Waals surface area (Å²) in [6.45, 7) is 4.31. The van der Waals surface area contributed by atoms with Crippen molar-refractivity contribution >= 4 is 17.1 Å².